The maximum Gasteiger partial charge on any atom is 0.138 e. The molecule has 3 rings (SSSR count). The maximum absolute atomic E-state index is 9.70. The second-order valence-electron chi connectivity index (χ2n) is 6.40. The lowest BCUT2D eigenvalue weighted by atomic mass is 9.87. The molecule has 5 heteroatoms. The van der Waals surface area contributed by atoms with Crippen LogP contribution < -0.4 is 10.4 Å². The van der Waals surface area contributed by atoms with Crippen molar-refractivity contribution in [2.24, 2.45) is 0 Å². The number of benzene rings is 3. The van der Waals surface area contributed by atoms with Crippen molar-refractivity contribution >= 4 is 39.3 Å². The van der Waals surface area contributed by atoms with E-state index < -0.39 is 0 Å². The minimum absolute atomic E-state index is 0.00475. The molecule has 0 bridgehead atoms. The van der Waals surface area contributed by atoms with Gasteiger partial charge < -0.3 is 0 Å². The molecule has 4 nitrogen and oxygen atoms in total. The summed E-state index contributed by atoms with van der Waals surface area (Å²) in [6.45, 7) is 0. The molecule has 0 aliphatic carbocycles. The van der Waals surface area contributed by atoms with Crippen LogP contribution in [0.25, 0.3) is 16.7 Å². The first-order valence-electron chi connectivity index (χ1n) is 9.14. The number of hydrogen-bond acceptors (Lipinski definition) is 4. The molecule has 0 atom stereocenters. The third kappa shape index (κ3) is 4.71. The number of nitriles is 4. The van der Waals surface area contributed by atoms with Gasteiger partial charge in [0, 0.05) is 14.4 Å². The lowest BCUT2D eigenvalue weighted by molar-refractivity contribution is 1.44. The van der Waals surface area contributed by atoms with E-state index in [0.29, 0.717) is 10.8 Å². The molecule has 0 aliphatic heterocycles. The predicted octanol–water partition coefficient (Wildman–Crippen LogP) is 4.19. The summed E-state index contributed by atoms with van der Waals surface area (Å²) in [5, 5.41) is 39.0. The standard InChI is InChI=1S/C26H13IN4/c27-24-12-10-21(11-13-24)25(20-8-6-18(7-9-20)22(14-28)15-29)26(23(16-30)17-31)19-4-2-1-3-5-19/h1-13H. The van der Waals surface area contributed by atoms with Crippen LogP contribution in [0, 0.1) is 48.9 Å². The lowest BCUT2D eigenvalue weighted by Gasteiger charge is -2.14. The Labute approximate surface area is 193 Å². The third-order valence-electron chi connectivity index (χ3n) is 4.60. The van der Waals surface area contributed by atoms with E-state index in [1.54, 1.807) is 24.3 Å². The van der Waals surface area contributed by atoms with Gasteiger partial charge in [-0.25, -0.2) is 0 Å². The van der Waals surface area contributed by atoms with Gasteiger partial charge in [0.25, 0.3) is 0 Å². The van der Waals surface area contributed by atoms with E-state index in [2.05, 4.69) is 22.6 Å². The van der Waals surface area contributed by atoms with Crippen LogP contribution in [0.15, 0.2) is 84.4 Å². The van der Waals surface area contributed by atoms with E-state index >= 15 is 0 Å². The second kappa shape index (κ2) is 10.0. The molecule has 0 unspecified atom stereocenters. The van der Waals surface area contributed by atoms with Crippen LogP contribution in [-0.2, 0) is 0 Å². The number of halogens is 1. The molecule has 0 N–H and O–H groups in total. The fourth-order valence-electron chi connectivity index (χ4n) is 3.18. The summed E-state index contributed by atoms with van der Waals surface area (Å²) in [4.78, 5) is 0. The summed E-state index contributed by atoms with van der Waals surface area (Å²) in [6, 6.07) is 32.0. The Morgan fingerprint density at radius 3 is 1.65 bits per heavy atom. The Kier molecular flexibility index (Phi) is 6.97. The lowest BCUT2D eigenvalue weighted by Crippen LogP contribution is -2.14. The minimum Gasteiger partial charge on any atom is -0.192 e. The highest BCUT2D eigenvalue weighted by atomic mass is 127. The van der Waals surface area contributed by atoms with Gasteiger partial charge in [-0.05, 0) is 56.6 Å². The van der Waals surface area contributed by atoms with Crippen LogP contribution in [0.2, 0.25) is 0 Å². The zero-order valence-corrected chi connectivity index (χ0v) is 18.3. The number of nitrogens with zero attached hydrogens (tertiary/aromatic N) is 4. The summed E-state index contributed by atoms with van der Waals surface area (Å²) >= 11 is 2.22. The van der Waals surface area contributed by atoms with Crippen LogP contribution in [-0.4, -0.2) is 0 Å². The minimum atomic E-state index is 0.00475. The smallest absolute Gasteiger partial charge is 0.138 e. The normalized spacial score (nSPS) is 9.32. The molecule has 3 aromatic rings. The van der Waals surface area contributed by atoms with Crippen molar-refractivity contribution in [3.8, 4) is 24.3 Å². The fourth-order valence-corrected chi connectivity index (χ4v) is 3.54. The Morgan fingerprint density at radius 1 is 0.581 bits per heavy atom. The molecule has 144 valence electrons. The highest BCUT2D eigenvalue weighted by Crippen LogP contribution is 2.32. The molecule has 0 aromatic heterocycles. The van der Waals surface area contributed by atoms with E-state index in [4.69, 9.17) is 10.5 Å². The summed E-state index contributed by atoms with van der Waals surface area (Å²) in [5.41, 5.74) is 2.88. The van der Waals surface area contributed by atoms with Gasteiger partial charge in [0.05, 0.1) is 0 Å². The van der Waals surface area contributed by atoms with Gasteiger partial charge >= 0.3 is 0 Å². The molecular weight excluding hydrogens is 495 g/mol. The van der Waals surface area contributed by atoms with Crippen LogP contribution >= 0.6 is 22.6 Å². The van der Waals surface area contributed by atoms with E-state index in [9.17, 15) is 10.5 Å². The molecule has 0 amide bonds. The summed E-state index contributed by atoms with van der Waals surface area (Å²) in [5.74, 6) is 0. The molecule has 0 fully saturated rings. The van der Waals surface area contributed by atoms with Gasteiger partial charge in [-0.15, -0.1) is 0 Å². The Bertz CT molecular complexity index is 1400. The van der Waals surface area contributed by atoms with Crippen LogP contribution in [0.4, 0.5) is 0 Å². The third-order valence-corrected chi connectivity index (χ3v) is 5.32. The Hall–Kier alpha value is -4.17. The van der Waals surface area contributed by atoms with Gasteiger partial charge in [-0.3, -0.25) is 0 Å². The Morgan fingerprint density at radius 2 is 1.13 bits per heavy atom. The molecular formula is C26H13IN4. The molecule has 3 aromatic carbocycles. The number of rotatable bonds is 3. The molecule has 0 saturated heterocycles. The van der Waals surface area contributed by atoms with Crippen LogP contribution in [0.3, 0.4) is 0 Å². The highest BCUT2D eigenvalue weighted by molar-refractivity contribution is 14.1. The zero-order valence-electron chi connectivity index (χ0n) is 16.2. The summed E-state index contributed by atoms with van der Waals surface area (Å²) in [7, 11) is 0. The predicted molar refractivity (Wildman–Crippen MR) is 127 cm³/mol. The largest absolute Gasteiger partial charge is 0.192 e. The highest BCUT2D eigenvalue weighted by Gasteiger charge is 2.17. The van der Waals surface area contributed by atoms with Gasteiger partial charge in [0.15, 0.2) is 0 Å². The van der Waals surface area contributed by atoms with Crippen LogP contribution in [0.5, 0.6) is 0 Å². The monoisotopic (exact) mass is 508 g/mol. The molecule has 31 heavy (non-hydrogen) atoms. The topological polar surface area (TPSA) is 95.2 Å². The first kappa shape index (κ1) is 21.5. The zero-order chi connectivity index (χ0) is 22.2. The molecule has 0 heterocycles. The summed E-state index contributed by atoms with van der Waals surface area (Å²) < 4.78 is 1.06. The van der Waals surface area contributed by atoms with Crippen molar-refractivity contribution in [1.29, 1.82) is 21.0 Å². The summed E-state index contributed by atoms with van der Waals surface area (Å²) in [6.07, 6.45) is 0. The number of allylic oxidation sites excluding steroid dienone is 2. The first-order chi connectivity index (χ1) is 15.1. The van der Waals surface area contributed by atoms with Gasteiger partial charge in [0.2, 0.25) is 0 Å². The van der Waals surface area contributed by atoms with Gasteiger partial charge in [0.1, 0.15) is 35.4 Å². The quantitative estimate of drug-likeness (QED) is 0.392. The van der Waals surface area contributed by atoms with E-state index in [1.807, 2.05) is 78.9 Å². The SMILES string of the molecule is N#CC(C#N)=C(C(c1ccc(I)cc1)=c1ccc(=C(C#N)C#N)cc1)c1ccccc1. The van der Waals surface area contributed by atoms with Crippen molar-refractivity contribution in [2.45, 2.75) is 0 Å². The van der Waals surface area contributed by atoms with Crippen molar-refractivity contribution < 1.29 is 0 Å². The fraction of sp³-hybridized carbons (Fsp3) is 0. The van der Waals surface area contributed by atoms with Gasteiger partial charge in [-0.1, -0.05) is 66.7 Å². The van der Waals surface area contributed by atoms with Gasteiger partial charge in [-0.2, -0.15) is 21.0 Å². The van der Waals surface area contributed by atoms with Crippen molar-refractivity contribution in [3.63, 3.8) is 0 Å². The Balaban J connectivity index is 2.49. The van der Waals surface area contributed by atoms with E-state index in [-0.39, 0.29) is 11.1 Å². The molecule has 0 saturated carbocycles. The van der Waals surface area contributed by atoms with Crippen LogP contribution in [0.1, 0.15) is 11.1 Å². The van der Waals surface area contributed by atoms with Crippen molar-refractivity contribution in [2.75, 3.05) is 0 Å². The molecule has 0 aliphatic rings. The van der Waals surface area contributed by atoms with E-state index in [1.165, 1.54) is 0 Å². The second-order valence-corrected chi connectivity index (χ2v) is 7.64. The van der Waals surface area contributed by atoms with E-state index in [0.717, 1.165) is 25.5 Å². The van der Waals surface area contributed by atoms with Crippen molar-refractivity contribution in [1.82, 2.24) is 0 Å². The average Bonchev–Trinajstić information content (AvgIpc) is 2.82. The number of hydrogen-bond donors (Lipinski definition) is 0. The average molecular weight is 508 g/mol. The molecule has 0 spiro atoms. The molecule has 0 radical (unpaired) electrons. The van der Waals surface area contributed by atoms with Crippen molar-refractivity contribution in [3.05, 3.63) is 110 Å². The maximum atomic E-state index is 9.70. The first-order valence-corrected chi connectivity index (χ1v) is 10.2.